The predicted octanol–water partition coefficient (Wildman–Crippen LogP) is 1.55. The van der Waals surface area contributed by atoms with E-state index in [1.165, 1.54) is 5.56 Å². The van der Waals surface area contributed by atoms with Crippen molar-refractivity contribution in [2.24, 2.45) is 0 Å². The maximum Gasteiger partial charge on any atom is 0.317 e. The van der Waals surface area contributed by atoms with Crippen molar-refractivity contribution in [1.29, 1.82) is 0 Å². The fourth-order valence-corrected chi connectivity index (χ4v) is 2.86. The van der Waals surface area contributed by atoms with Crippen LogP contribution in [-0.2, 0) is 11.3 Å². The number of piperazine rings is 1. The van der Waals surface area contributed by atoms with Crippen LogP contribution >= 0.6 is 0 Å². The molecular weight excluding hydrogens is 330 g/mol. The molecule has 1 aliphatic rings. The Morgan fingerprint density at radius 3 is 2.46 bits per heavy atom. The van der Waals surface area contributed by atoms with Gasteiger partial charge in [-0.1, -0.05) is 30.3 Å². The van der Waals surface area contributed by atoms with Crippen LogP contribution in [0.1, 0.15) is 5.56 Å². The van der Waals surface area contributed by atoms with Gasteiger partial charge < -0.3 is 15.5 Å². The second kappa shape index (κ2) is 8.96. The van der Waals surface area contributed by atoms with Crippen molar-refractivity contribution in [3.8, 4) is 0 Å². The van der Waals surface area contributed by atoms with E-state index in [1.807, 2.05) is 18.2 Å². The van der Waals surface area contributed by atoms with Crippen LogP contribution in [0, 0.1) is 0 Å². The van der Waals surface area contributed by atoms with Crippen LogP contribution in [0.4, 0.5) is 10.5 Å². The number of carbonyl (C=O) groups is 2. The first-order chi connectivity index (χ1) is 12.7. The molecule has 0 unspecified atom stereocenters. The Hall–Kier alpha value is -2.93. The zero-order valence-electron chi connectivity index (χ0n) is 14.6. The number of amides is 3. The number of pyridine rings is 1. The molecule has 0 atom stereocenters. The van der Waals surface area contributed by atoms with Crippen molar-refractivity contribution in [1.82, 2.24) is 20.1 Å². The van der Waals surface area contributed by atoms with Gasteiger partial charge in [-0.3, -0.25) is 14.7 Å². The van der Waals surface area contributed by atoms with Crippen molar-refractivity contribution >= 4 is 17.6 Å². The van der Waals surface area contributed by atoms with Crippen molar-refractivity contribution < 1.29 is 9.59 Å². The minimum Gasteiger partial charge on any atom is -0.329 e. The third-order valence-electron chi connectivity index (χ3n) is 4.25. The highest BCUT2D eigenvalue weighted by atomic mass is 16.2. The predicted molar refractivity (Wildman–Crippen MR) is 99.6 cm³/mol. The van der Waals surface area contributed by atoms with E-state index in [2.05, 4.69) is 32.7 Å². The minimum atomic E-state index is -0.269. The molecule has 0 spiro atoms. The van der Waals surface area contributed by atoms with Crippen molar-refractivity contribution in [2.75, 3.05) is 38.0 Å². The molecule has 1 aromatic heterocycles. The maximum absolute atomic E-state index is 12.2. The summed E-state index contributed by atoms with van der Waals surface area (Å²) >= 11 is 0. The van der Waals surface area contributed by atoms with E-state index < -0.39 is 0 Å². The lowest BCUT2D eigenvalue weighted by Gasteiger charge is -2.34. The third-order valence-corrected chi connectivity index (χ3v) is 4.25. The molecule has 1 aromatic carbocycles. The van der Waals surface area contributed by atoms with Gasteiger partial charge >= 0.3 is 6.03 Å². The number of hydrogen-bond acceptors (Lipinski definition) is 4. The smallest absolute Gasteiger partial charge is 0.317 e. The molecule has 136 valence electrons. The second-order valence-corrected chi connectivity index (χ2v) is 6.20. The highest BCUT2D eigenvalue weighted by molar-refractivity contribution is 5.94. The van der Waals surface area contributed by atoms with Crippen LogP contribution in [0.25, 0.3) is 0 Å². The third kappa shape index (κ3) is 5.29. The first-order valence-corrected chi connectivity index (χ1v) is 8.69. The molecule has 1 fully saturated rings. The average Bonchev–Trinajstić information content (AvgIpc) is 2.68. The first kappa shape index (κ1) is 17.9. The van der Waals surface area contributed by atoms with Crippen LogP contribution in [-0.4, -0.2) is 59.4 Å². The number of carbonyl (C=O) groups excluding carboxylic acids is 2. The molecule has 7 nitrogen and oxygen atoms in total. The van der Waals surface area contributed by atoms with Gasteiger partial charge in [0.15, 0.2) is 0 Å². The fourth-order valence-electron chi connectivity index (χ4n) is 2.86. The van der Waals surface area contributed by atoms with Crippen LogP contribution < -0.4 is 10.6 Å². The summed E-state index contributed by atoms with van der Waals surface area (Å²) < 4.78 is 0. The van der Waals surface area contributed by atoms with Crippen molar-refractivity contribution in [3.05, 3.63) is 60.4 Å². The van der Waals surface area contributed by atoms with Gasteiger partial charge in [0, 0.05) is 38.9 Å². The molecule has 2 aromatic rings. The standard InChI is InChI=1S/C19H23N5O2/c25-18(22-17-7-4-8-20-13-17)14-21-19(26)24-11-9-23(10-12-24)15-16-5-2-1-3-6-16/h1-8,13H,9-12,14-15H2,(H,21,26)(H,22,25). The van der Waals surface area contributed by atoms with E-state index in [1.54, 1.807) is 29.4 Å². The van der Waals surface area contributed by atoms with E-state index in [0.717, 1.165) is 19.6 Å². The van der Waals surface area contributed by atoms with Gasteiger partial charge in [0.2, 0.25) is 5.91 Å². The fraction of sp³-hybridized carbons (Fsp3) is 0.316. The molecule has 0 radical (unpaired) electrons. The minimum absolute atomic E-state index is 0.0576. The van der Waals surface area contributed by atoms with E-state index in [9.17, 15) is 9.59 Å². The van der Waals surface area contributed by atoms with E-state index in [4.69, 9.17) is 0 Å². The van der Waals surface area contributed by atoms with Gasteiger partial charge in [0.1, 0.15) is 0 Å². The topological polar surface area (TPSA) is 77.6 Å². The summed E-state index contributed by atoms with van der Waals surface area (Å²) in [5.41, 5.74) is 1.89. The number of benzene rings is 1. The number of nitrogens with zero attached hydrogens (tertiary/aromatic N) is 3. The molecule has 0 bridgehead atoms. The number of anilines is 1. The molecule has 3 rings (SSSR count). The number of hydrogen-bond donors (Lipinski definition) is 2. The number of urea groups is 1. The Morgan fingerprint density at radius 1 is 1.00 bits per heavy atom. The summed E-state index contributed by atoms with van der Waals surface area (Å²) in [6.45, 7) is 3.79. The number of nitrogens with one attached hydrogen (secondary N) is 2. The highest BCUT2D eigenvalue weighted by Gasteiger charge is 2.21. The zero-order chi connectivity index (χ0) is 18.2. The lowest BCUT2D eigenvalue weighted by molar-refractivity contribution is -0.115. The van der Waals surface area contributed by atoms with Gasteiger partial charge in [-0.15, -0.1) is 0 Å². The summed E-state index contributed by atoms with van der Waals surface area (Å²) in [5.74, 6) is -0.269. The molecule has 2 heterocycles. The molecule has 7 heteroatoms. The molecular formula is C19H23N5O2. The summed E-state index contributed by atoms with van der Waals surface area (Å²) in [6.07, 6.45) is 3.19. The average molecular weight is 353 g/mol. The van der Waals surface area contributed by atoms with Crippen LogP contribution in [0.5, 0.6) is 0 Å². The van der Waals surface area contributed by atoms with Crippen molar-refractivity contribution in [2.45, 2.75) is 6.54 Å². The molecule has 0 aliphatic carbocycles. The quantitative estimate of drug-likeness (QED) is 0.855. The van der Waals surface area contributed by atoms with E-state index >= 15 is 0 Å². The summed E-state index contributed by atoms with van der Waals surface area (Å²) in [6, 6.07) is 13.6. The first-order valence-electron chi connectivity index (χ1n) is 8.69. The molecule has 1 aliphatic heterocycles. The normalized spacial score (nSPS) is 14.7. The Balaban J connectivity index is 1.37. The Morgan fingerprint density at radius 2 is 1.77 bits per heavy atom. The zero-order valence-corrected chi connectivity index (χ0v) is 14.6. The SMILES string of the molecule is O=C(CNC(=O)N1CCN(Cc2ccccc2)CC1)Nc1cccnc1. The largest absolute Gasteiger partial charge is 0.329 e. The van der Waals surface area contributed by atoms with Gasteiger partial charge in [-0.25, -0.2) is 4.79 Å². The Labute approximate surface area is 153 Å². The Kier molecular flexibility index (Phi) is 6.16. The molecule has 2 N–H and O–H groups in total. The van der Waals surface area contributed by atoms with E-state index in [0.29, 0.717) is 18.8 Å². The summed E-state index contributed by atoms with van der Waals surface area (Å²) in [4.78, 5) is 32.1. The summed E-state index contributed by atoms with van der Waals surface area (Å²) in [7, 11) is 0. The maximum atomic E-state index is 12.2. The van der Waals surface area contributed by atoms with Crippen molar-refractivity contribution in [3.63, 3.8) is 0 Å². The molecule has 0 saturated carbocycles. The number of rotatable bonds is 5. The van der Waals surface area contributed by atoms with Crippen LogP contribution in [0.15, 0.2) is 54.9 Å². The van der Waals surface area contributed by atoms with Gasteiger partial charge in [-0.2, -0.15) is 0 Å². The van der Waals surface area contributed by atoms with E-state index in [-0.39, 0.29) is 18.5 Å². The number of aromatic nitrogens is 1. The van der Waals surface area contributed by atoms with Gasteiger partial charge in [0.25, 0.3) is 0 Å². The highest BCUT2D eigenvalue weighted by Crippen LogP contribution is 2.08. The van der Waals surface area contributed by atoms with Gasteiger partial charge in [0.05, 0.1) is 18.4 Å². The Bertz CT molecular complexity index is 715. The molecule has 1 saturated heterocycles. The lowest BCUT2D eigenvalue weighted by atomic mass is 10.2. The molecule has 26 heavy (non-hydrogen) atoms. The van der Waals surface area contributed by atoms with Gasteiger partial charge in [-0.05, 0) is 17.7 Å². The second-order valence-electron chi connectivity index (χ2n) is 6.20. The summed E-state index contributed by atoms with van der Waals surface area (Å²) in [5, 5.41) is 5.36. The van der Waals surface area contributed by atoms with Crippen LogP contribution in [0.3, 0.4) is 0 Å². The van der Waals surface area contributed by atoms with Crippen LogP contribution in [0.2, 0.25) is 0 Å². The molecule has 3 amide bonds. The lowest BCUT2D eigenvalue weighted by Crippen LogP contribution is -2.52. The monoisotopic (exact) mass is 353 g/mol.